The molecule has 0 bridgehead atoms. The zero-order chi connectivity index (χ0) is 15.8. The van der Waals surface area contributed by atoms with Crippen molar-refractivity contribution in [2.75, 3.05) is 13.7 Å². The van der Waals surface area contributed by atoms with E-state index in [1.807, 2.05) is 6.07 Å². The van der Waals surface area contributed by atoms with Crippen molar-refractivity contribution in [3.05, 3.63) is 75.8 Å². The average molecular weight is 369 g/mol. The molecular weight excluding hydrogens is 352 g/mol. The van der Waals surface area contributed by atoms with Gasteiger partial charge in [-0.3, -0.25) is 0 Å². The average Bonchev–Trinajstić information content (AvgIpc) is 2.60. The van der Waals surface area contributed by atoms with Gasteiger partial charge in [-0.2, -0.15) is 0 Å². The summed E-state index contributed by atoms with van der Waals surface area (Å²) >= 11 is 3.55. The zero-order valence-corrected chi connectivity index (χ0v) is 14.5. The molecule has 23 heavy (non-hydrogen) atoms. The minimum atomic E-state index is -0.0835. The summed E-state index contributed by atoms with van der Waals surface area (Å²) in [5.41, 5.74) is 3.72. The maximum atomic E-state index is 6.18. The van der Waals surface area contributed by atoms with Gasteiger partial charge >= 0.3 is 0 Å². The highest BCUT2D eigenvalue weighted by molar-refractivity contribution is 9.10. The van der Waals surface area contributed by atoms with Crippen molar-refractivity contribution < 1.29 is 9.47 Å². The van der Waals surface area contributed by atoms with Gasteiger partial charge in [-0.05, 0) is 46.5 Å². The Hall–Kier alpha value is -1.84. The molecule has 0 unspecified atom stereocenters. The SMILES string of the molecule is COc1ccc2cc(Br)ccc2c1[C@@H]1OCCc2ccccc21. The molecule has 0 fully saturated rings. The van der Waals surface area contributed by atoms with Crippen molar-refractivity contribution in [1.82, 2.24) is 0 Å². The maximum Gasteiger partial charge on any atom is 0.125 e. The number of hydrogen-bond acceptors (Lipinski definition) is 2. The van der Waals surface area contributed by atoms with Gasteiger partial charge in [-0.15, -0.1) is 0 Å². The molecule has 1 aliphatic rings. The lowest BCUT2D eigenvalue weighted by molar-refractivity contribution is 0.0691. The van der Waals surface area contributed by atoms with Gasteiger partial charge in [0, 0.05) is 10.0 Å². The first-order valence-electron chi connectivity index (χ1n) is 7.73. The molecule has 1 atom stereocenters. The van der Waals surface area contributed by atoms with Crippen LogP contribution in [0.5, 0.6) is 5.75 Å². The van der Waals surface area contributed by atoms with Crippen LogP contribution < -0.4 is 4.74 Å². The highest BCUT2D eigenvalue weighted by Crippen LogP contribution is 2.41. The van der Waals surface area contributed by atoms with Crippen LogP contribution in [0.3, 0.4) is 0 Å². The van der Waals surface area contributed by atoms with E-state index in [0.717, 1.165) is 28.8 Å². The minimum Gasteiger partial charge on any atom is -0.496 e. The molecule has 0 amide bonds. The molecule has 3 heteroatoms. The minimum absolute atomic E-state index is 0.0835. The van der Waals surface area contributed by atoms with E-state index in [-0.39, 0.29) is 6.10 Å². The molecule has 3 aromatic rings. The van der Waals surface area contributed by atoms with Crippen molar-refractivity contribution in [1.29, 1.82) is 0 Å². The fourth-order valence-electron chi connectivity index (χ4n) is 3.39. The Morgan fingerprint density at radius 1 is 1.09 bits per heavy atom. The van der Waals surface area contributed by atoms with Gasteiger partial charge in [0.1, 0.15) is 11.9 Å². The molecule has 1 aliphatic heterocycles. The van der Waals surface area contributed by atoms with Crippen molar-refractivity contribution in [3.8, 4) is 5.75 Å². The predicted octanol–water partition coefficient (Wildman–Crippen LogP) is 5.27. The standard InChI is InChI=1S/C20H17BrO2/c1-22-18-9-6-14-12-15(21)7-8-16(14)19(18)20-17-5-3-2-4-13(17)10-11-23-20/h2-9,12,20H,10-11H2,1H3/t20-/m1/s1. The van der Waals surface area contributed by atoms with Gasteiger partial charge in [0.15, 0.2) is 0 Å². The van der Waals surface area contributed by atoms with Crippen molar-refractivity contribution >= 4 is 26.7 Å². The van der Waals surface area contributed by atoms with Gasteiger partial charge in [0.2, 0.25) is 0 Å². The van der Waals surface area contributed by atoms with Crippen molar-refractivity contribution in [2.24, 2.45) is 0 Å². The number of hydrogen-bond donors (Lipinski definition) is 0. The summed E-state index contributed by atoms with van der Waals surface area (Å²) in [5.74, 6) is 0.876. The lowest BCUT2D eigenvalue weighted by atomic mass is 9.90. The molecule has 0 aromatic heterocycles. The molecule has 0 aliphatic carbocycles. The van der Waals surface area contributed by atoms with E-state index in [0.29, 0.717) is 0 Å². The van der Waals surface area contributed by atoms with E-state index < -0.39 is 0 Å². The molecule has 0 saturated carbocycles. The topological polar surface area (TPSA) is 18.5 Å². The third-order valence-corrected chi connectivity index (χ3v) is 4.95. The monoisotopic (exact) mass is 368 g/mol. The van der Waals surface area contributed by atoms with Crippen LogP contribution in [0.2, 0.25) is 0 Å². The lowest BCUT2D eigenvalue weighted by Gasteiger charge is -2.28. The Morgan fingerprint density at radius 3 is 2.83 bits per heavy atom. The molecular formula is C20H17BrO2. The molecule has 0 radical (unpaired) electrons. The van der Waals surface area contributed by atoms with Crippen LogP contribution in [-0.2, 0) is 11.2 Å². The summed E-state index contributed by atoms with van der Waals surface area (Å²) in [6, 6.07) is 19.0. The Balaban J connectivity index is 1.98. The largest absolute Gasteiger partial charge is 0.496 e. The summed E-state index contributed by atoms with van der Waals surface area (Å²) in [5, 5.41) is 2.36. The van der Waals surface area contributed by atoms with E-state index in [1.165, 1.54) is 21.9 Å². The van der Waals surface area contributed by atoms with Crippen LogP contribution in [0.1, 0.15) is 22.8 Å². The van der Waals surface area contributed by atoms with E-state index in [9.17, 15) is 0 Å². The number of rotatable bonds is 2. The van der Waals surface area contributed by atoms with Gasteiger partial charge in [0.05, 0.1) is 13.7 Å². The second-order valence-electron chi connectivity index (χ2n) is 5.75. The molecule has 0 spiro atoms. The number of ether oxygens (including phenoxy) is 2. The van der Waals surface area contributed by atoms with E-state index in [2.05, 4.69) is 64.5 Å². The number of halogens is 1. The first-order valence-corrected chi connectivity index (χ1v) is 8.53. The van der Waals surface area contributed by atoms with E-state index in [4.69, 9.17) is 9.47 Å². The highest BCUT2D eigenvalue weighted by atomic mass is 79.9. The van der Waals surface area contributed by atoms with Gasteiger partial charge in [0.25, 0.3) is 0 Å². The summed E-state index contributed by atoms with van der Waals surface area (Å²) < 4.78 is 12.9. The van der Waals surface area contributed by atoms with Crippen LogP contribution in [0.25, 0.3) is 10.8 Å². The van der Waals surface area contributed by atoms with Gasteiger partial charge < -0.3 is 9.47 Å². The number of methoxy groups -OCH3 is 1. The number of fused-ring (bicyclic) bond motifs is 2. The first-order chi connectivity index (χ1) is 11.3. The van der Waals surface area contributed by atoms with E-state index in [1.54, 1.807) is 7.11 Å². The van der Waals surface area contributed by atoms with Crippen LogP contribution in [-0.4, -0.2) is 13.7 Å². The quantitative estimate of drug-likeness (QED) is 0.613. The van der Waals surface area contributed by atoms with Gasteiger partial charge in [-0.25, -0.2) is 0 Å². The summed E-state index contributed by atoms with van der Waals surface area (Å²) in [6.07, 6.45) is 0.880. The second-order valence-corrected chi connectivity index (χ2v) is 6.66. The lowest BCUT2D eigenvalue weighted by Crippen LogP contribution is -2.18. The second kappa shape index (κ2) is 5.99. The predicted molar refractivity (Wildman–Crippen MR) is 96.1 cm³/mol. The number of benzene rings is 3. The van der Waals surface area contributed by atoms with E-state index >= 15 is 0 Å². The molecule has 0 saturated heterocycles. The molecule has 3 aromatic carbocycles. The summed E-state index contributed by atoms with van der Waals surface area (Å²) in [7, 11) is 1.72. The molecule has 1 heterocycles. The Bertz CT molecular complexity index is 873. The van der Waals surface area contributed by atoms with Crippen molar-refractivity contribution in [2.45, 2.75) is 12.5 Å². The normalized spacial score (nSPS) is 17.0. The third-order valence-electron chi connectivity index (χ3n) is 4.46. The fraction of sp³-hybridized carbons (Fsp3) is 0.200. The molecule has 116 valence electrons. The Morgan fingerprint density at radius 2 is 1.96 bits per heavy atom. The Kier molecular flexibility index (Phi) is 3.83. The zero-order valence-electron chi connectivity index (χ0n) is 12.9. The van der Waals surface area contributed by atoms with Crippen molar-refractivity contribution in [3.63, 3.8) is 0 Å². The van der Waals surface area contributed by atoms with Crippen LogP contribution in [0.15, 0.2) is 59.1 Å². The molecule has 0 N–H and O–H groups in total. The summed E-state index contributed by atoms with van der Waals surface area (Å²) in [6.45, 7) is 0.734. The van der Waals surface area contributed by atoms with Crippen LogP contribution >= 0.6 is 15.9 Å². The smallest absolute Gasteiger partial charge is 0.125 e. The van der Waals surface area contributed by atoms with Gasteiger partial charge in [-0.1, -0.05) is 52.3 Å². The molecule has 4 rings (SSSR count). The fourth-order valence-corrected chi connectivity index (χ4v) is 3.76. The third kappa shape index (κ3) is 2.54. The maximum absolute atomic E-state index is 6.18. The molecule has 2 nitrogen and oxygen atoms in total. The highest BCUT2D eigenvalue weighted by Gasteiger charge is 2.26. The van der Waals surface area contributed by atoms with Crippen LogP contribution in [0, 0.1) is 0 Å². The van der Waals surface area contributed by atoms with Crippen LogP contribution in [0.4, 0.5) is 0 Å². The summed E-state index contributed by atoms with van der Waals surface area (Å²) in [4.78, 5) is 0. The Labute approximate surface area is 144 Å². The first kappa shape index (κ1) is 14.7.